The second-order valence-electron chi connectivity index (χ2n) is 1.94. The van der Waals surface area contributed by atoms with Gasteiger partial charge >= 0.3 is 0 Å². The monoisotopic (exact) mass is 138 g/mol. The van der Waals surface area contributed by atoms with E-state index in [9.17, 15) is 0 Å². The van der Waals surface area contributed by atoms with Crippen molar-refractivity contribution in [2.24, 2.45) is 0 Å². The van der Waals surface area contributed by atoms with Crippen molar-refractivity contribution >= 4 is 19.4 Å². The van der Waals surface area contributed by atoms with Gasteiger partial charge in [-0.1, -0.05) is 36.1 Å². The first-order valence-corrected chi connectivity index (χ1v) is 3.45. The van der Waals surface area contributed by atoms with Crippen molar-refractivity contribution in [3.8, 4) is 0 Å². The molecule has 0 atom stereocenters. The van der Waals surface area contributed by atoms with Crippen LogP contribution in [0.1, 0.15) is 5.56 Å². The molecule has 1 aromatic rings. The van der Waals surface area contributed by atoms with Crippen LogP contribution in [0.25, 0.3) is 0 Å². The van der Waals surface area contributed by atoms with Gasteiger partial charge in [0.2, 0.25) is 0 Å². The van der Waals surface area contributed by atoms with E-state index in [4.69, 9.17) is 11.6 Å². The summed E-state index contributed by atoms with van der Waals surface area (Å²) in [4.78, 5) is 0. The molecule has 0 spiro atoms. The molecule has 0 fully saturated rings. The Bertz CT molecular complexity index is 198. The van der Waals surface area contributed by atoms with Crippen LogP contribution < -0.4 is 0 Å². The Kier molecular flexibility index (Phi) is 2.18. The molecule has 2 heteroatoms. The lowest BCUT2D eigenvalue weighted by Gasteiger charge is -1.96. The summed E-state index contributed by atoms with van der Waals surface area (Å²) in [7, 11) is 2.10. The van der Waals surface area contributed by atoms with Crippen LogP contribution in [0.15, 0.2) is 24.3 Å². The maximum atomic E-state index is 5.82. The van der Waals surface area contributed by atoms with E-state index in [0.29, 0.717) is 0 Å². The summed E-state index contributed by atoms with van der Waals surface area (Å²) < 4.78 is 0. The third-order valence-corrected chi connectivity index (χ3v) is 1.71. The smallest absolute Gasteiger partial charge is 0.0841 e. The SMILES string of the molecule is BCc1ccccc1Cl. The van der Waals surface area contributed by atoms with Gasteiger partial charge in [0, 0.05) is 5.02 Å². The lowest BCUT2D eigenvalue weighted by molar-refractivity contribution is 1.40. The van der Waals surface area contributed by atoms with E-state index >= 15 is 0 Å². The fourth-order valence-corrected chi connectivity index (χ4v) is 1.05. The molecule has 0 aliphatic heterocycles. The molecule has 1 rings (SSSR count). The molecule has 46 valence electrons. The van der Waals surface area contributed by atoms with Crippen LogP contribution in [0.3, 0.4) is 0 Å². The standard InChI is InChI=1S/C7H8BCl/c8-5-6-3-1-2-4-7(6)9/h1-4H,5,8H2. The predicted molar refractivity (Wildman–Crippen MR) is 43.7 cm³/mol. The molecule has 0 saturated heterocycles. The normalized spacial score (nSPS) is 9.44. The summed E-state index contributed by atoms with van der Waals surface area (Å²) in [5.74, 6) is 0. The third-order valence-electron chi connectivity index (χ3n) is 1.34. The zero-order valence-corrected chi connectivity index (χ0v) is 6.15. The number of hydrogen-bond donors (Lipinski definition) is 0. The third kappa shape index (κ3) is 1.49. The first-order chi connectivity index (χ1) is 4.34. The molecule has 0 nitrogen and oxygen atoms in total. The molecule has 0 bridgehead atoms. The highest BCUT2D eigenvalue weighted by Gasteiger charge is 1.91. The van der Waals surface area contributed by atoms with E-state index in [0.717, 1.165) is 11.3 Å². The highest BCUT2D eigenvalue weighted by Crippen LogP contribution is 2.13. The minimum Gasteiger partial charge on any atom is -0.0841 e. The first-order valence-electron chi connectivity index (χ1n) is 3.08. The molecular weight excluding hydrogens is 130 g/mol. The number of hydrogen-bond acceptors (Lipinski definition) is 0. The van der Waals surface area contributed by atoms with Crippen LogP contribution in [0.4, 0.5) is 0 Å². The first kappa shape index (κ1) is 6.69. The Morgan fingerprint density at radius 1 is 1.33 bits per heavy atom. The van der Waals surface area contributed by atoms with Gasteiger partial charge < -0.3 is 0 Å². The van der Waals surface area contributed by atoms with Gasteiger partial charge in [0.25, 0.3) is 0 Å². The van der Waals surface area contributed by atoms with Gasteiger partial charge in [-0.25, -0.2) is 0 Å². The van der Waals surface area contributed by atoms with Crippen molar-refractivity contribution in [2.75, 3.05) is 0 Å². The highest BCUT2D eigenvalue weighted by molar-refractivity contribution is 6.31. The summed E-state index contributed by atoms with van der Waals surface area (Å²) in [5.41, 5.74) is 1.22. The van der Waals surface area contributed by atoms with Crippen molar-refractivity contribution < 1.29 is 0 Å². The molecule has 0 N–H and O–H groups in total. The Morgan fingerprint density at radius 3 is 2.44 bits per heavy atom. The average molecular weight is 138 g/mol. The molecule has 0 aromatic heterocycles. The molecule has 0 saturated carbocycles. The minimum absolute atomic E-state index is 0.875. The second kappa shape index (κ2) is 2.93. The van der Waals surface area contributed by atoms with Crippen molar-refractivity contribution in [3.63, 3.8) is 0 Å². The van der Waals surface area contributed by atoms with Gasteiger partial charge in [-0.15, -0.1) is 0 Å². The topological polar surface area (TPSA) is 0 Å². The van der Waals surface area contributed by atoms with Gasteiger partial charge in [-0.05, 0) is 11.6 Å². The van der Waals surface area contributed by atoms with Gasteiger partial charge in [0.1, 0.15) is 7.85 Å². The lowest BCUT2D eigenvalue weighted by Crippen LogP contribution is -1.82. The molecule has 0 heterocycles. The zero-order chi connectivity index (χ0) is 6.69. The molecule has 0 aliphatic carbocycles. The lowest BCUT2D eigenvalue weighted by atomic mass is 9.97. The van der Waals surface area contributed by atoms with Crippen LogP contribution >= 0.6 is 11.6 Å². The van der Waals surface area contributed by atoms with Gasteiger partial charge in [-0.3, -0.25) is 0 Å². The molecule has 9 heavy (non-hydrogen) atoms. The van der Waals surface area contributed by atoms with Crippen molar-refractivity contribution in [1.29, 1.82) is 0 Å². The van der Waals surface area contributed by atoms with Crippen LogP contribution in [-0.4, -0.2) is 7.85 Å². The molecule has 0 radical (unpaired) electrons. The Morgan fingerprint density at radius 2 is 2.00 bits per heavy atom. The van der Waals surface area contributed by atoms with E-state index in [-0.39, 0.29) is 0 Å². The predicted octanol–water partition coefficient (Wildman–Crippen LogP) is 1.47. The second-order valence-corrected chi connectivity index (χ2v) is 2.35. The number of halogens is 1. The van der Waals surface area contributed by atoms with Crippen molar-refractivity contribution in [2.45, 2.75) is 6.32 Å². The van der Waals surface area contributed by atoms with Crippen molar-refractivity contribution in [1.82, 2.24) is 0 Å². The van der Waals surface area contributed by atoms with Crippen LogP contribution in [0, 0.1) is 0 Å². The van der Waals surface area contributed by atoms with Gasteiger partial charge in [0.05, 0.1) is 0 Å². The molecular formula is C7H8BCl. The quantitative estimate of drug-likeness (QED) is 0.516. The average Bonchev–Trinajstić information content (AvgIpc) is 1.89. The summed E-state index contributed by atoms with van der Waals surface area (Å²) in [6.45, 7) is 0. The molecule has 0 amide bonds. The fraction of sp³-hybridized carbons (Fsp3) is 0.143. The van der Waals surface area contributed by atoms with E-state index in [1.807, 2.05) is 24.3 Å². The Balaban J connectivity index is 3.01. The maximum Gasteiger partial charge on any atom is 0.107 e. The largest absolute Gasteiger partial charge is 0.107 e. The summed E-state index contributed by atoms with van der Waals surface area (Å²) in [6, 6.07) is 7.91. The Labute approximate surface area is 61.3 Å². The zero-order valence-electron chi connectivity index (χ0n) is 5.39. The molecule has 0 unspecified atom stereocenters. The van der Waals surface area contributed by atoms with Crippen LogP contribution in [0.5, 0.6) is 0 Å². The number of benzene rings is 1. The maximum absolute atomic E-state index is 5.82. The van der Waals surface area contributed by atoms with E-state index in [2.05, 4.69) is 7.85 Å². The molecule has 1 aromatic carbocycles. The van der Waals surface area contributed by atoms with Gasteiger partial charge in [-0.2, -0.15) is 0 Å². The summed E-state index contributed by atoms with van der Waals surface area (Å²) >= 11 is 5.82. The van der Waals surface area contributed by atoms with E-state index in [1.165, 1.54) is 5.56 Å². The van der Waals surface area contributed by atoms with E-state index in [1.54, 1.807) is 0 Å². The van der Waals surface area contributed by atoms with Crippen molar-refractivity contribution in [3.05, 3.63) is 34.9 Å². The highest BCUT2D eigenvalue weighted by atomic mass is 35.5. The van der Waals surface area contributed by atoms with Gasteiger partial charge in [0.15, 0.2) is 0 Å². The van der Waals surface area contributed by atoms with Crippen LogP contribution in [-0.2, 0) is 6.32 Å². The molecule has 0 aliphatic rings. The Hall–Kier alpha value is -0.425. The van der Waals surface area contributed by atoms with E-state index < -0.39 is 0 Å². The fourth-order valence-electron chi connectivity index (χ4n) is 0.785. The summed E-state index contributed by atoms with van der Waals surface area (Å²) in [6.07, 6.45) is 1.01. The minimum atomic E-state index is 0.875. The number of rotatable bonds is 1. The van der Waals surface area contributed by atoms with Crippen LogP contribution in [0.2, 0.25) is 5.02 Å². The summed E-state index contributed by atoms with van der Waals surface area (Å²) in [5, 5.41) is 0.875.